The van der Waals surface area contributed by atoms with Crippen LogP contribution in [0, 0.1) is 0 Å². The third-order valence-electron chi connectivity index (χ3n) is 7.22. The number of hydrazine groups is 1. The summed E-state index contributed by atoms with van der Waals surface area (Å²) in [5, 5.41) is 27.3. The molecule has 2 aliphatic heterocycles. The maximum Gasteiger partial charge on any atom is 0.251 e. The first-order valence-electron chi connectivity index (χ1n) is 13.1. The van der Waals surface area contributed by atoms with Gasteiger partial charge in [-0.1, -0.05) is 11.6 Å². The van der Waals surface area contributed by atoms with Crippen LogP contribution in [0.4, 0.5) is 5.69 Å². The minimum absolute atomic E-state index is 0.0936. The number of halogens is 1. The Labute approximate surface area is 221 Å². The van der Waals surface area contributed by atoms with Crippen LogP contribution in [-0.2, 0) is 4.79 Å². The topological polar surface area (TPSA) is 138 Å². The number of fused-ring (bicyclic) bond motifs is 1. The number of anilines is 1. The van der Waals surface area contributed by atoms with E-state index in [0.29, 0.717) is 42.6 Å². The van der Waals surface area contributed by atoms with E-state index in [1.165, 1.54) is 0 Å². The number of rotatable bonds is 10. The molecule has 5 N–H and O–H groups in total. The summed E-state index contributed by atoms with van der Waals surface area (Å²) >= 11 is 5.98. The van der Waals surface area contributed by atoms with Gasteiger partial charge in [-0.2, -0.15) is 0 Å². The van der Waals surface area contributed by atoms with Crippen molar-refractivity contribution < 1.29 is 15.0 Å². The number of hydrogen-bond acceptors (Lipinski definition) is 9. The van der Waals surface area contributed by atoms with Crippen LogP contribution in [0.15, 0.2) is 40.1 Å². The van der Waals surface area contributed by atoms with Crippen molar-refractivity contribution in [1.29, 1.82) is 0 Å². The van der Waals surface area contributed by atoms with Crippen molar-refractivity contribution in [2.24, 2.45) is 9.98 Å². The molecule has 0 radical (unpaired) electrons. The molecule has 1 amide bonds. The van der Waals surface area contributed by atoms with Gasteiger partial charge in [-0.15, -0.1) is 0 Å². The van der Waals surface area contributed by atoms with Gasteiger partial charge in [-0.25, -0.2) is 4.98 Å². The molecule has 3 heterocycles. The number of pyridine rings is 1. The fraction of sp³-hybridized carbons (Fsp3) is 0.600. The minimum Gasteiger partial charge on any atom is -0.395 e. The van der Waals surface area contributed by atoms with Gasteiger partial charge >= 0.3 is 0 Å². The Kier molecular flexibility index (Phi) is 8.23. The van der Waals surface area contributed by atoms with Gasteiger partial charge in [0.15, 0.2) is 11.9 Å². The van der Waals surface area contributed by atoms with Crippen molar-refractivity contribution in [3.8, 4) is 0 Å². The van der Waals surface area contributed by atoms with E-state index < -0.39 is 6.04 Å². The summed E-state index contributed by atoms with van der Waals surface area (Å²) in [7, 11) is 0. The van der Waals surface area contributed by atoms with Crippen LogP contribution >= 0.6 is 11.6 Å². The summed E-state index contributed by atoms with van der Waals surface area (Å²) < 4.78 is 0. The molecule has 0 bridgehead atoms. The zero-order chi connectivity index (χ0) is 25.8. The summed E-state index contributed by atoms with van der Waals surface area (Å²) in [6.07, 6.45) is 9.60. The molecule has 1 atom stereocenters. The van der Waals surface area contributed by atoms with Gasteiger partial charge in [-0.05, 0) is 50.7 Å². The summed E-state index contributed by atoms with van der Waals surface area (Å²) in [6.45, 7) is 1.68. The molecule has 2 aliphatic carbocycles. The number of carbonyl (C=O) groups excluding carboxylic acids is 1. The van der Waals surface area contributed by atoms with E-state index in [1.807, 2.05) is 11.1 Å². The molecule has 0 spiro atoms. The van der Waals surface area contributed by atoms with Crippen LogP contribution < -0.4 is 16.1 Å². The molecular formula is C25H35ClN8O3. The van der Waals surface area contributed by atoms with E-state index in [1.54, 1.807) is 18.3 Å². The van der Waals surface area contributed by atoms with Crippen LogP contribution in [0.1, 0.15) is 38.5 Å². The number of amidine groups is 2. The lowest BCUT2D eigenvalue weighted by Gasteiger charge is -2.36. The molecule has 12 heteroatoms. The second kappa shape index (κ2) is 11.8. The maximum atomic E-state index is 13.2. The molecule has 0 aromatic carbocycles. The zero-order valence-corrected chi connectivity index (χ0v) is 21.6. The molecule has 200 valence electrons. The van der Waals surface area contributed by atoms with Crippen LogP contribution in [0.2, 0.25) is 5.15 Å². The third kappa shape index (κ3) is 6.40. The molecular weight excluding hydrogens is 496 g/mol. The Morgan fingerprint density at radius 3 is 2.62 bits per heavy atom. The molecule has 1 unspecified atom stereocenters. The highest BCUT2D eigenvalue weighted by Crippen LogP contribution is 2.27. The number of nitrogens with one attached hydrogen (secondary N) is 3. The lowest BCUT2D eigenvalue weighted by molar-refractivity contribution is -0.119. The predicted molar refractivity (Wildman–Crippen MR) is 142 cm³/mol. The maximum absolute atomic E-state index is 13.2. The summed E-state index contributed by atoms with van der Waals surface area (Å²) in [5.74, 6) is 1.26. The molecule has 5 rings (SSSR count). The number of amides is 1. The number of aliphatic imine (C=N–C) groups is 2. The van der Waals surface area contributed by atoms with Crippen molar-refractivity contribution in [3.05, 3.63) is 35.3 Å². The van der Waals surface area contributed by atoms with Gasteiger partial charge < -0.3 is 20.8 Å². The van der Waals surface area contributed by atoms with Crippen LogP contribution in [0.3, 0.4) is 0 Å². The van der Waals surface area contributed by atoms with E-state index in [4.69, 9.17) is 16.6 Å². The first-order chi connectivity index (χ1) is 18.0. The lowest BCUT2D eigenvalue weighted by atomic mass is 9.90. The molecule has 1 aromatic heterocycles. The number of carbonyl (C=O) groups is 1. The molecule has 4 aliphatic rings. The highest BCUT2D eigenvalue weighted by atomic mass is 35.5. The Morgan fingerprint density at radius 2 is 1.95 bits per heavy atom. The van der Waals surface area contributed by atoms with E-state index in [9.17, 15) is 15.0 Å². The normalized spacial score (nSPS) is 26.4. The van der Waals surface area contributed by atoms with Gasteiger partial charge in [-0.3, -0.25) is 30.1 Å². The number of aliphatic hydroxyl groups is 2. The lowest BCUT2D eigenvalue weighted by Crippen LogP contribution is -2.57. The van der Waals surface area contributed by atoms with Crippen LogP contribution in [-0.4, -0.2) is 99.7 Å². The van der Waals surface area contributed by atoms with Crippen molar-refractivity contribution in [3.63, 3.8) is 0 Å². The van der Waals surface area contributed by atoms with Gasteiger partial charge in [0, 0.05) is 43.1 Å². The Bertz CT molecular complexity index is 1060. The van der Waals surface area contributed by atoms with E-state index >= 15 is 0 Å². The van der Waals surface area contributed by atoms with Gasteiger partial charge in [0.05, 0.1) is 31.5 Å². The minimum atomic E-state index is -0.530. The highest BCUT2D eigenvalue weighted by Gasteiger charge is 2.39. The average molecular weight is 531 g/mol. The second-order valence-electron chi connectivity index (χ2n) is 9.95. The molecule has 2 saturated carbocycles. The average Bonchev–Trinajstić information content (AvgIpc) is 3.59. The number of aliphatic hydroxyl groups excluding tert-OH is 2. The van der Waals surface area contributed by atoms with Crippen LogP contribution in [0.25, 0.3) is 0 Å². The summed E-state index contributed by atoms with van der Waals surface area (Å²) in [6, 6.07) is 3.74. The Hall–Kier alpha value is -2.73. The van der Waals surface area contributed by atoms with E-state index in [-0.39, 0.29) is 25.2 Å². The fourth-order valence-corrected chi connectivity index (χ4v) is 5.36. The standard InChI is InChI=1S/C25H35ClN8O3/c26-22-13-18(7-8-27-22)31-25(37)21-15-28-24-20(29-16-1-2-16)14-23(32-34(21)24)30-17-3-5-19(6-4-17)33(9-11-35)10-12-36/h7-8,13-14,16-17,19,21,29,35-36H,1-6,9-12,15H2,(H,30,32)(H,27,31,37). The highest BCUT2D eigenvalue weighted by molar-refractivity contribution is 6.29. The van der Waals surface area contributed by atoms with Crippen LogP contribution in [0.5, 0.6) is 0 Å². The fourth-order valence-electron chi connectivity index (χ4n) is 5.19. The largest absolute Gasteiger partial charge is 0.395 e. The number of hydrogen-bond donors (Lipinski definition) is 5. The number of aromatic nitrogens is 1. The monoisotopic (exact) mass is 530 g/mol. The first-order valence-corrected chi connectivity index (χ1v) is 13.5. The van der Waals surface area contributed by atoms with E-state index in [0.717, 1.165) is 55.9 Å². The van der Waals surface area contributed by atoms with Gasteiger partial charge in [0.25, 0.3) is 5.91 Å². The van der Waals surface area contributed by atoms with E-state index in [2.05, 4.69) is 30.9 Å². The van der Waals surface area contributed by atoms with Gasteiger partial charge in [0.2, 0.25) is 0 Å². The molecule has 2 fully saturated rings. The van der Waals surface area contributed by atoms with Crippen molar-refractivity contribution in [2.75, 3.05) is 38.2 Å². The second-order valence-corrected chi connectivity index (χ2v) is 10.3. The Balaban J connectivity index is 1.27. The predicted octanol–water partition coefficient (Wildman–Crippen LogP) is 0.907. The van der Waals surface area contributed by atoms with Crippen molar-refractivity contribution >= 4 is 34.9 Å². The quantitative estimate of drug-likeness (QED) is 0.281. The smallest absolute Gasteiger partial charge is 0.251 e. The first kappa shape index (κ1) is 25.9. The Morgan fingerprint density at radius 1 is 1.19 bits per heavy atom. The SMILES string of the molecule is O=C(Nc1ccnc(Cl)c1)C1CN=C2C(NC3CC3)=CC(=NC3CCC(N(CCO)CCO)CC3)NN21. The molecule has 11 nitrogen and oxygen atoms in total. The zero-order valence-electron chi connectivity index (χ0n) is 20.8. The third-order valence-corrected chi connectivity index (χ3v) is 7.43. The molecule has 0 saturated heterocycles. The molecule has 1 aromatic rings. The summed E-state index contributed by atoms with van der Waals surface area (Å²) in [4.78, 5) is 29.0. The van der Waals surface area contributed by atoms with Crippen molar-refractivity contribution in [1.82, 2.24) is 25.6 Å². The number of nitrogens with zero attached hydrogens (tertiary/aromatic N) is 5. The summed E-state index contributed by atoms with van der Waals surface area (Å²) in [5.41, 5.74) is 4.83. The molecule has 37 heavy (non-hydrogen) atoms. The van der Waals surface area contributed by atoms with Crippen molar-refractivity contribution in [2.45, 2.75) is 62.7 Å². The van der Waals surface area contributed by atoms with Gasteiger partial charge in [0.1, 0.15) is 11.0 Å².